The van der Waals surface area contributed by atoms with Gasteiger partial charge in [-0.05, 0) is 43.3 Å². The van der Waals surface area contributed by atoms with Crippen LogP contribution in [0.5, 0.6) is 0 Å². The summed E-state index contributed by atoms with van der Waals surface area (Å²) in [5, 5.41) is 3.92. The van der Waals surface area contributed by atoms with Gasteiger partial charge in [0, 0.05) is 35.7 Å². The number of carbonyl (C=O) groups is 1. The molecule has 0 aliphatic carbocycles. The fourth-order valence-corrected chi connectivity index (χ4v) is 3.23. The minimum atomic E-state index is -0.260. The summed E-state index contributed by atoms with van der Waals surface area (Å²) in [5.41, 5.74) is 3.78. The van der Waals surface area contributed by atoms with Crippen molar-refractivity contribution in [1.29, 1.82) is 0 Å². The number of carbonyl (C=O) groups excluding carboxylic acids is 1. The molecule has 2 aromatic heterocycles. The Bertz CT molecular complexity index is 1110. The highest BCUT2D eigenvalue weighted by atomic mass is 16.1. The summed E-state index contributed by atoms with van der Waals surface area (Å²) in [6.07, 6.45) is 3.38. The van der Waals surface area contributed by atoms with Gasteiger partial charge < -0.3 is 10.2 Å². The molecule has 1 amide bonds. The molecule has 0 atom stereocenters. The number of amides is 1. The third kappa shape index (κ3) is 3.55. The highest BCUT2D eigenvalue weighted by molar-refractivity contribution is 6.07. The highest BCUT2D eigenvalue weighted by Crippen LogP contribution is 2.26. The van der Waals surface area contributed by atoms with Crippen LogP contribution in [0.25, 0.3) is 10.9 Å². The molecule has 0 fully saturated rings. The molecule has 0 spiro atoms. The van der Waals surface area contributed by atoms with Crippen molar-refractivity contribution >= 4 is 33.9 Å². The first-order valence-corrected chi connectivity index (χ1v) is 9.20. The molecule has 2 aromatic carbocycles. The van der Waals surface area contributed by atoms with Crippen LogP contribution >= 0.6 is 0 Å². The maximum absolute atomic E-state index is 12.8. The molecule has 0 saturated heterocycles. The number of aromatic nitrogens is 2. The van der Waals surface area contributed by atoms with Crippen LogP contribution in [0.2, 0.25) is 0 Å². The van der Waals surface area contributed by atoms with Crippen molar-refractivity contribution in [2.24, 2.45) is 0 Å². The maximum Gasteiger partial charge on any atom is 0.274 e. The van der Waals surface area contributed by atoms with Gasteiger partial charge in [-0.2, -0.15) is 0 Å². The number of hydrogen-bond donors (Lipinski definition) is 1. The fraction of sp³-hybridized carbons (Fsp3) is 0.0870. The second-order valence-electron chi connectivity index (χ2n) is 6.31. The van der Waals surface area contributed by atoms with Gasteiger partial charge in [-0.25, -0.2) is 0 Å². The number of hydrogen-bond acceptors (Lipinski definition) is 4. The number of anilines is 3. The van der Waals surface area contributed by atoms with E-state index >= 15 is 0 Å². The molecule has 5 heteroatoms. The van der Waals surface area contributed by atoms with E-state index in [2.05, 4.69) is 27.1 Å². The topological polar surface area (TPSA) is 58.1 Å². The molecular weight excluding hydrogens is 348 g/mol. The number of nitrogens with zero attached hydrogens (tertiary/aromatic N) is 3. The van der Waals surface area contributed by atoms with Crippen molar-refractivity contribution in [3.8, 4) is 0 Å². The summed E-state index contributed by atoms with van der Waals surface area (Å²) in [7, 11) is 0. The molecule has 2 heterocycles. The van der Waals surface area contributed by atoms with E-state index in [1.165, 1.54) is 0 Å². The molecule has 28 heavy (non-hydrogen) atoms. The highest BCUT2D eigenvalue weighted by Gasteiger charge is 2.13. The molecule has 0 saturated carbocycles. The molecule has 4 aromatic rings. The lowest BCUT2D eigenvalue weighted by Gasteiger charge is -2.23. The first-order chi connectivity index (χ1) is 13.8. The average molecular weight is 368 g/mol. The number of fused-ring (bicyclic) bond motifs is 1. The predicted molar refractivity (Wildman–Crippen MR) is 113 cm³/mol. The van der Waals surface area contributed by atoms with Crippen molar-refractivity contribution in [3.05, 3.63) is 90.9 Å². The molecule has 0 aliphatic rings. The van der Waals surface area contributed by atoms with E-state index in [4.69, 9.17) is 0 Å². The number of para-hydroxylation sites is 2. The summed E-state index contributed by atoms with van der Waals surface area (Å²) < 4.78 is 0. The molecule has 138 valence electrons. The molecule has 0 unspecified atom stereocenters. The van der Waals surface area contributed by atoms with E-state index in [1.54, 1.807) is 12.4 Å². The third-order valence-electron chi connectivity index (χ3n) is 4.55. The molecule has 0 aliphatic heterocycles. The summed E-state index contributed by atoms with van der Waals surface area (Å²) in [5.74, 6) is -0.260. The second-order valence-corrected chi connectivity index (χ2v) is 6.31. The largest absolute Gasteiger partial charge is 0.342 e. The minimum absolute atomic E-state index is 0.260. The van der Waals surface area contributed by atoms with Gasteiger partial charge >= 0.3 is 0 Å². The lowest BCUT2D eigenvalue weighted by Crippen LogP contribution is -2.18. The standard InChI is InChI=1S/C23H20N4O/c1-2-27(18-10-4-3-5-11-18)19-13-15-24-21(16-19)23(28)26-20-12-6-8-17-9-7-14-25-22(17)20/h3-16H,2H2,1H3,(H,26,28). The smallest absolute Gasteiger partial charge is 0.274 e. The van der Waals surface area contributed by atoms with E-state index in [9.17, 15) is 4.79 Å². The Hall–Kier alpha value is -3.73. The van der Waals surface area contributed by atoms with Gasteiger partial charge in [-0.3, -0.25) is 14.8 Å². The minimum Gasteiger partial charge on any atom is -0.342 e. The Morgan fingerprint density at radius 1 is 0.893 bits per heavy atom. The van der Waals surface area contributed by atoms with E-state index in [-0.39, 0.29) is 5.91 Å². The lowest BCUT2D eigenvalue weighted by molar-refractivity contribution is 0.102. The van der Waals surface area contributed by atoms with Gasteiger partial charge in [0.25, 0.3) is 5.91 Å². The monoisotopic (exact) mass is 368 g/mol. The van der Waals surface area contributed by atoms with Gasteiger partial charge in [0.1, 0.15) is 5.69 Å². The second kappa shape index (κ2) is 7.88. The van der Waals surface area contributed by atoms with E-state index in [0.717, 1.165) is 28.8 Å². The van der Waals surface area contributed by atoms with E-state index < -0.39 is 0 Å². The Morgan fingerprint density at radius 3 is 2.54 bits per heavy atom. The number of nitrogens with one attached hydrogen (secondary N) is 1. The first-order valence-electron chi connectivity index (χ1n) is 9.20. The quantitative estimate of drug-likeness (QED) is 0.536. The molecule has 1 N–H and O–H groups in total. The number of pyridine rings is 2. The molecule has 0 radical (unpaired) electrons. The fourth-order valence-electron chi connectivity index (χ4n) is 3.23. The normalized spacial score (nSPS) is 10.6. The van der Waals surface area contributed by atoms with Crippen molar-refractivity contribution in [3.63, 3.8) is 0 Å². The van der Waals surface area contributed by atoms with Crippen LogP contribution in [0.15, 0.2) is 85.2 Å². The van der Waals surface area contributed by atoms with Crippen LogP contribution in [0.4, 0.5) is 17.1 Å². The average Bonchev–Trinajstić information content (AvgIpc) is 2.75. The Labute approximate surface area is 163 Å². The van der Waals surface area contributed by atoms with Crippen LogP contribution in [0.3, 0.4) is 0 Å². The zero-order valence-corrected chi connectivity index (χ0v) is 15.5. The SMILES string of the molecule is CCN(c1ccccc1)c1ccnc(C(=O)Nc2cccc3cccnc23)c1. The van der Waals surface area contributed by atoms with Gasteiger partial charge in [-0.15, -0.1) is 0 Å². The Balaban J connectivity index is 1.63. The predicted octanol–water partition coefficient (Wildman–Crippen LogP) is 5.04. The van der Waals surface area contributed by atoms with Gasteiger partial charge in [-0.1, -0.05) is 36.4 Å². The molecule has 4 rings (SSSR count). The van der Waals surface area contributed by atoms with Crippen LogP contribution in [-0.2, 0) is 0 Å². The van der Waals surface area contributed by atoms with E-state index in [0.29, 0.717) is 11.4 Å². The summed E-state index contributed by atoms with van der Waals surface area (Å²) in [6.45, 7) is 2.86. The van der Waals surface area contributed by atoms with Crippen molar-refractivity contribution < 1.29 is 4.79 Å². The van der Waals surface area contributed by atoms with Gasteiger partial charge in [0.05, 0.1) is 11.2 Å². The number of rotatable bonds is 5. The van der Waals surface area contributed by atoms with E-state index in [1.807, 2.05) is 72.8 Å². The molecule has 0 bridgehead atoms. The maximum atomic E-state index is 12.8. The lowest BCUT2D eigenvalue weighted by atomic mass is 10.2. The van der Waals surface area contributed by atoms with Crippen LogP contribution in [-0.4, -0.2) is 22.4 Å². The zero-order valence-electron chi connectivity index (χ0n) is 15.5. The Kier molecular flexibility index (Phi) is 4.97. The summed E-state index contributed by atoms with van der Waals surface area (Å²) in [4.78, 5) is 23.6. The summed E-state index contributed by atoms with van der Waals surface area (Å²) >= 11 is 0. The summed E-state index contributed by atoms with van der Waals surface area (Å²) in [6, 6.07) is 23.4. The van der Waals surface area contributed by atoms with Gasteiger partial charge in [0.15, 0.2) is 0 Å². The van der Waals surface area contributed by atoms with Crippen molar-refractivity contribution in [2.75, 3.05) is 16.8 Å². The molecule has 5 nitrogen and oxygen atoms in total. The van der Waals surface area contributed by atoms with Crippen LogP contribution in [0, 0.1) is 0 Å². The van der Waals surface area contributed by atoms with Gasteiger partial charge in [0.2, 0.25) is 0 Å². The van der Waals surface area contributed by atoms with Crippen molar-refractivity contribution in [1.82, 2.24) is 9.97 Å². The number of benzene rings is 2. The Morgan fingerprint density at radius 2 is 1.71 bits per heavy atom. The third-order valence-corrected chi connectivity index (χ3v) is 4.55. The first kappa shape index (κ1) is 17.7. The van der Waals surface area contributed by atoms with Crippen LogP contribution < -0.4 is 10.2 Å². The molecular formula is C23H20N4O. The van der Waals surface area contributed by atoms with Crippen LogP contribution in [0.1, 0.15) is 17.4 Å². The van der Waals surface area contributed by atoms with Crippen molar-refractivity contribution in [2.45, 2.75) is 6.92 Å². The zero-order chi connectivity index (χ0) is 19.3.